The molecule has 84 valence electrons. The van der Waals surface area contributed by atoms with Crippen molar-refractivity contribution in [3.63, 3.8) is 0 Å². The predicted molar refractivity (Wildman–Crippen MR) is 63.9 cm³/mol. The average Bonchev–Trinajstić information content (AvgIpc) is 2.22. The lowest BCUT2D eigenvalue weighted by molar-refractivity contribution is 0.585. The van der Waals surface area contributed by atoms with Gasteiger partial charge in [-0.1, -0.05) is 12.5 Å². The Labute approximate surface area is 98.0 Å². The molecule has 0 aliphatic heterocycles. The highest BCUT2D eigenvalue weighted by atomic mass is 79.9. The maximum absolute atomic E-state index is 13.0. The summed E-state index contributed by atoms with van der Waals surface area (Å²) in [7, 11) is 0. The van der Waals surface area contributed by atoms with Crippen molar-refractivity contribution in [3.8, 4) is 0 Å². The Morgan fingerprint density at radius 2 is 2.07 bits per heavy atom. The number of unbranched alkanes of at least 4 members (excludes halogenated alkanes) is 1. The van der Waals surface area contributed by atoms with Crippen LogP contribution in [0.25, 0.3) is 0 Å². The van der Waals surface area contributed by atoms with Gasteiger partial charge in [-0.05, 0) is 53.0 Å². The standard InChI is InChI=1S/C11H16BrFN2/c12-9-7-8(4-5-10(9)13)11(15)3-1-2-6-14/h4-5,7,11H,1-3,6,14-15H2/t11-/m1/s1. The Morgan fingerprint density at radius 3 is 2.67 bits per heavy atom. The van der Waals surface area contributed by atoms with Crippen molar-refractivity contribution < 1.29 is 4.39 Å². The molecular formula is C11H16BrFN2. The van der Waals surface area contributed by atoms with Gasteiger partial charge in [-0.3, -0.25) is 0 Å². The van der Waals surface area contributed by atoms with Crippen LogP contribution in [0.4, 0.5) is 4.39 Å². The van der Waals surface area contributed by atoms with E-state index in [0.717, 1.165) is 24.8 Å². The Kier molecular flexibility index (Phi) is 5.22. The molecule has 1 rings (SSSR count). The van der Waals surface area contributed by atoms with Gasteiger partial charge in [0, 0.05) is 6.04 Å². The number of halogens is 2. The van der Waals surface area contributed by atoms with Gasteiger partial charge in [0.05, 0.1) is 4.47 Å². The molecule has 0 amide bonds. The lowest BCUT2D eigenvalue weighted by Crippen LogP contribution is -2.11. The van der Waals surface area contributed by atoms with Crippen molar-refractivity contribution >= 4 is 15.9 Å². The van der Waals surface area contributed by atoms with Gasteiger partial charge in [0.25, 0.3) is 0 Å². The Balaban J connectivity index is 2.57. The molecule has 0 bridgehead atoms. The molecule has 0 unspecified atom stereocenters. The Morgan fingerprint density at radius 1 is 1.33 bits per heavy atom. The fraction of sp³-hybridized carbons (Fsp3) is 0.455. The molecule has 0 aliphatic rings. The Hall–Kier alpha value is -0.450. The van der Waals surface area contributed by atoms with Gasteiger partial charge in [0.2, 0.25) is 0 Å². The van der Waals surface area contributed by atoms with E-state index in [1.165, 1.54) is 6.07 Å². The number of hydrogen-bond donors (Lipinski definition) is 2. The first kappa shape index (κ1) is 12.6. The van der Waals surface area contributed by atoms with Crippen molar-refractivity contribution in [2.45, 2.75) is 25.3 Å². The van der Waals surface area contributed by atoms with E-state index in [1.807, 2.05) is 0 Å². The van der Waals surface area contributed by atoms with Gasteiger partial charge in [-0.25, -0.2) is 4.39 Å². The molecule has 4 heteroatoms. The third-order valence-corrected chi connectivity index (χ3v) is 2.95. The van der Waals surface area contributed by atoms with Crippen molar-refractivity contribution in [1.29, 1.82) is 0 Å². The molecule has 0 saturated carbocycles. The molecule has 2 nitrogen and oxygen atoms in total. The number of rotatable bonds is 5. The summed E-state index contributed by atoms with van der Waals surface area (Å²) in [5.41, 5.74) is 12.3. The highest BCUT2D eigenvalue weighted by Gasteiger charge is 2.07. The average molecular weight is 275 g/mol. The zero-order valence-corrected chi connectivity index (χ0v) is 10.1. The summed E-state index contributed by atoms with van der Waals surface area (Å²) in [6, 6.07) is 4.87. The van der Waals surface area contributed by atoms with Crippen LogP contribution in [-0.4, -0.2) is 6.54 Å². The Bertz CT molecular complexity index is 317. The van der Waals surface area contributed by atoms with E-state index in [0.29, 0.717) is 11.0 Å². The molecule has 0 aliphatic carbocycles. The van der Waals surface area contributed by atoms with Crippen LogP contribution in [0.15, 0.2) is 22.7 Å². The first-order chi connectivity index (χ1) is 7.15. The minimum Gasteiger partial charge on any atom is -0.330 e. The van der Waals surface area contributed by atoms with E-state index >= 15 is 0 Å². The van der Waals surface area contributed by atoms with E-state index in [9.17, 15) is 4.39 Å². The zero-order chi connectivity index (χ0) is 11.3. The minimum absolute atomic E-state index is 0.0338. The van der Waals surface area contributed by atoms with E-state index in [4.69, 9.17) is 11.5 Å². The van der Waals surface area contributed by atoms with E-state index in [-0.39, 0.29) is 11.9 Å². The zero-order valence-electron chi connectivity index (χ0n) is 8.55. The molecule has 0 aromatic heterocycles. The lowest BCUT2D eigenvalue weighted by Gasteiger charge is -2.12. The van der Waals surface area contributed by atoms with Gasteiger partial charge in [0.1, 0.15) is 5.82 Å². The lowest BCUT2D eigenvalue weighted by atomic mass is 10.0. The van der Waals surface area contributed by atoms with Crippen LogP contribution in [-0.2, 0) is 0 Å². The summed E-state index contributed by atoms with van der Waals surface area (Å²) in [5.74, 6) is -0.257. The fourth-order valence-electron chi connectivity index (χ4n) is 1.42. The highest BCUT2D eigenvalue weighted by Crippen LogP contribution is 2.22. The molecule has 0 fully saturated rings. The van der Waals surface area contributed by atoms with Crippen LogP contribution in [0.3, 0.4) is 0 Å². The smallest absolute Gasteiger partial charge is 0.137 e. The van der Waals surface area contributed by atoms with Crippen molar-refractivity contribution in [2.24, 2.45) is 11.5 Å². The van der Waals surface area contributed by atoms with Crippen molar-refractivity contribution in [3.05, 3.63) is 34.1 Å². The monoisotopic (exact) mass is 274 g/mol. The molecule has 1 aromatic rings. The third-order valence-electron chi connectivity index (χ3n) is 2.34. The summed E-state index contributed by atoms with van der Waals surface area (Å²) in [6.45, 7) is 0.694. The second-order valence-electron chi connectivity index (χ2n) is 3.56. The van der Waals surface area contributed by atoms with Gasteiger partial charge in [0.15, 0.2) is 0 Å². The van der Waals surface area contributed by atoms with Crippen molar-refractivity contribution in [2.75, 3.05) is 6.54 Å². The van der Waals surface area contributed by atoms with Crippen LogP contribution in [0, 0.1) is 5.82 Å². The molecular weight excluding hydrogens is 259 g/mol. The first-order valence-corrected chi connectivity index (χ1v) is 5.85. The fourth-order valence-corrected chi connectivity index (χ4v) is 1.81. The summed E-state index contributed by atoms with van der Waals surface area (Å²) in [6.07, 6.45) is 2.87. The van der Waals surface area contributed by atoms with Crippen LogP contribution in [0.1, 0.15) is 30.9 Å². The van der Waals surface area contributed by atoms with E-state index in [2.05, 4.69) is 15.9 Å². The summed E-state index contributed by atoms with van der Waals surface area (Å²) in [5, 5.41) is 0. The number of nitrogens with two attached hydrogens (primary N) is 2. The second kappa shape index (κ2) is 6.20. The summed E-state index contributed by atoms with van der Waals surface area (Å²) < 4.78 is 13.4. The maximum atomic E-state index is 13.0. The molecule has 15 heavy (non-hydrogen) atoms. The van der Waals surface area contributed by atoms with Gasteiger partial charge < -0.3 is 11.5 Å². The number of benzene rings is 1. The highest BCUT2D eigenvalue weighted by molar-refractivity contribution is 9.10. The largest absolute Gasteiger partial charge is 0.330 e. The molecule has 1 aromatic carbocycles. The van der Waals surface area contributed by atoms with Gasteiger partial charge >= 0.3 is 0 Å². The van der Waals surface area contributed by atoms with Crippen LogP contribution in [0.5, 0.6) is 0 Å². The van der Waals surface area contributed by atoms with Crippen LogP contribution in [0.2, 0.25) is 0 Å². The SMILES string of the molecule is NCCCC[C@@H](N)c1ccc(F)c(Br)c1. The molecule has 0 spiro atoms. The molecule has 0 saturated heterocycles. The molecule has 4 N–H and O–H groups in total. The molecule has 0 radical (unpaired) electrons. The maximum Gasteiger partial charge on any atom is 0.137 e. The van der Waals surface area contributed by atoms with E-state index < -0.39 is 0 Å². The first-order valence-electron chi connectivity index (χ1n) is 5.05. The minimum atomic E-state index is -0.257. The van der Waals surface area contributed by atoms with Crippen LogP contribution >= 0.6 is 15.9 Å². The summed E-state index contributed by atoms with van der Waals surface area (Å²) in [4.78, 5) is 0. The van der Waals surface area contributed by atoms with E-state index in [1.54, 1.807) is 12.1 Å². The van der Waals surface area contributed by atoms with Gasteiger partial charge in [-0.2, -0.15) is 0 Å². The second-order valence-corrected chi connectivity index (χ2v) is 4.42. The number of hydrogen-bond acceptors (Lipinski definition) is 2. The third kappa shape index (κ3) is 3.89. The van der Waals surface area contributed by atoms with Crippen molar-refractivity contribution in [1.82, 2.24) is 0 Å². The van der Waals surface area contributed by atoms with Crippen LogP contribution < -0.4 is 11.5 Å². The van der Waals surface area contributed by atoms with Gasteiger partial charge in [-0.15, -0.1) is 0 Å². The quantitative estimate of drug-likeness (QED) is 0.812. The molecule has 0 heterocycles. The summed E-state index contributed by atoms with van der Waals surface area (Å²) >= 11 is 3.15. The predicted octanol–water partition coefficient (Wildman–Crippen LogP) is 2.72. The molecule has 1 atom stereocenters. The topological polar surface area (TPSA) is 52.0 Å². The normalized spacial score (nSPS) is 12.8.